The molecule has 1 aliphatic heterocycles. The average Bonchev–Trinajstić information content (AvgIpc) is 3.03. The predicted octanol–water partition coefficient (Wildman–Crippen LogP) is 2.39. The lowest BCUT2D eigenvalue weighted by molar-refractivity contribution is -0.911. The van der Waals surface area contributed by atoms with Crippen LogP contribution in [0.3, 0.4) is 0 Å². The van der Waals surface area contributed by atoms with Crippen LogP contribution in [0.5, 0.6) is 5.75 Å². The van der Waals surface area contributed by atoms with E-state index in [9.17, 15) is 9.59 Å². The Morgan fingerprint density at radius 3 is 2.79 bits per heavy atom. The van der Waals surface area contributed by atoms with Crippen LogP contribution in [0.2, 0.25) is 0 Å². The molecule has 1 aromatic carbocycles. The summed E-state index contributed by atoms with van der Waals surface area (Å²) >= 11 is 0. The number of nitrogens with one attached hydrogen (secondary N) is 3. The minimum Gasteiger partial charge on any atom is -0.497 e. The molecule has 1 aromatic heterocycles. The molecule has 2 aromatic rings. The lowest BCUT2D eigenvalue weighted by atomic mass is 9.84. The molecule has 29 heavy (non-hydrogen) atoms. The summed E-state index contributed by atoms with van der Waals surface area (Å²) in [6.45, 7) is 9.57. The number of hydrogen-bond acceptors (Lipinski definition) is 4. The van der Waals surface area contributed by atoms with Crippen LogP contribution in [0.15, 0.2) is 18.2 Å². The molecule has 1 unspecified atom stereocenters. The molecule has 1 saturated heterocycles. The van der Waals surface area contributed by atoms with Crippen LogP contribution in [0, 0.1) is 5.41 Å². The first-order chi connectivity index (χ1) is 13.8. The first kappa shape index (κ1) is 21.2. The standard InChI is InChI=1S/C22H31N3O4/c1-5-29-21(27)20-19(16-13-15(28-4)7-8-17(16)23-20)24-18(26)9-12-25-11-6-10-22(2,3)14-25/h7-8,13,23H,5-6,9-12,14H2,1-4H3,(H,24,26)/p+1. The van der Waals surface area contributed by atoms with E-state index in [-0.39, 0.29) is 18.2 Å². The maximum absolute atomic E-state index is 12.7. The van der Waals surface area contributed by atoms with Gasteiger partial charge in [-0.05, 0) is 38.0 Å². The molecule has 2 heterocycles. The molecule has 0 aliphatic carbocycles. The second-order valence-electron chi connectivity index (χ2n) is 8.50. The average molecular weight is 403 g/mol. The number of hydrogen-bond donors (Lipinski definition) is 3. The van der Waals surface area contributed by atoms with E-state index in [1.54, 1.807) is 20.1 Å². The number of methoxy groups -OCH3 is 1. The van der Waals surface area contributed by atoms with Gasteiger partial charge in [0.05, 0.1) is 45.5 Å². The Bertz CT molecular complexity index is 888. The fourth-order valence-electron chi connectivity index (χ4n) is 4.16. The summed E-state index contributed by atoms with van der Waals surface area (Å²) in [5.74, 6) is 0.0684. The molecular formula is C22H32N3O4+. The van der Waals surface area contributed by atoms with Crippen molar-refractivity contribution >= 4 is 28.5 Å². The topological polar surface area (TPSA) is 84.9 Å². The number of piperidine rings is 1. The van der Waals surface area contributed by atoms with Gasteiger partial charge in [-0.1, -0.05) is 13.8 Å². The Hall–Kier alpha value is -2.54. The van der Waals surface area contributed by atoms with E-state index in [4.69, 9.17) is 9.47 Å². The molecule has 7 nitrogen and oxygen atoms in total. The van der Waals surface area contributed by atoms with E-state index >= 15 is 0 Å². The second-order valence-corrected chi connectivity index (χ2v) is 8.50. The van der Waals surface area contributed by atoms with Gasteiger partial charge in [0.15, 0.2) is 0 Å². The van der Waals surface area contributed by atoms with Crippen molar-refractivity contribution in [2.24, 2.45) is 5.41 Å². The molecule has 1 amide bonds. The SMILES string of the molecule is CCOC(=O)c1[nH]c2ccc(OC)cc2c1NC(=O)CC[NH+]1CCCC(C)(C)C1. The van der Waals surface area contributed by atoms with Crippen molar-refractivity contribution in [2.75, 3.05) is 38.7 Å². The van der Waals surface area contributed by atoms with Gasteiger partial charge in [-0.15, -0.1) is 0 Å². The summed E-state index contributed by atoms with van der Waals surface area (Å²) in [7, 11) is 1.58. The minimum atomic E-state index is -0.485. The quantitative estimate of drug-likeness (QED) is 0.621. The van der Waals surface area contributed by atoms with Crippen LogP contribution in [0.1, 0.15) is 50.5 Å². The van der Waals surface area contributed by atoms with Gasteiger partial charge in [0.25, 0.3) is 0 Å². The summed E-state index contributed by atoms with van der Waals surface area (Å²) in [4.78, 5) is 29.7. The highest BCUT2D eigenvalue weighted by Crippen LogP contribution is 2.31. The summed E-state index contributed by atoms with van der Waals surface area (Å²) in [6, 6.07) is 5.44. The summed E-state index contributed by atoms with van der Waals surface area (Å²) in [5, 5.41) is 3.67. The molecule has 1 atom stereocenters. The molecule has 1 aliphatic rings. The first-order valence-electron chi connectivity index (χ1n) is 10.3. The fourth-order valence-corrected chi connectivity index (χ4v) is 4.16. The summed E-state index contributed by atoms with van der Waals surface area (Å²) in [5.41, 5.74) is 1.79. The molecule has 1 fully saturated rings. The third-order valence-electron chi connectivity index (χ3n) is 5.57. The monoisotopic (exact) mass is 402 g/mol. The van der Waals surface area contributed by atoms with Gasteiger partial charge >= 0.3 is 5.97 Å². The van der Waals surface area contributed by atoms with E-state index in [0.29, 0.717) is 23.3 Å². The summed E-state index contributed by atoms with van der Waals surface area (Å²) < 4.78 is 10.5. The highest BCUT2D eigenvalue weighted by molar-refractivity contribution is 6.11. The number of fused-ring (bicyclic) bond motifs is 1. The number of aromatic amines is 1. The van der Waals surface area contributed by atoms with Crippen LogP contribution < -0.4 is 15.0 Å². The van der Waals surface area contributed by atoms with Crippen molar-refractivity contribution in [3.8, 4) is 5.75 Å². The largest absolute Gasteiger partial charge is 0.497 e. The zero-order valence-corrected chi connectivity index (χ0v) is 17.8. The van der Waals surface area contributed by atoms with Crippen molar-refractivity contribution in [1.82, 2.24) is 4.98 Å². The Kier molecular flexibility index (Phi) is 6.47. The molecule has 3 rings (SSSR count). The van der Waals surface area contributed by atoms with Crippen LogP contribution in [0.25, 0.3) is 10.9 Å². The van der Waals surface area contributed by atoms with E-state index in [1.807, 2.05) is 12.1 Å². The smallest absolute Gasteiger partial charge is 0.356 e. The van der Waals surface area contributed by atoms with E-state index in [2.05, 4.69) is 24.1 Å². The van der Waals surface area contributed by atoms with Crippen molar-refractivity contribution in [3.05, 3.63) is 23.9 Å². The van der Waals surface area contributed by atoms with E-state index in [1.165, 1.54) is 17.7 Å². The number of anilines is 1. The number of quaternary nitrogens is 1. The van der Waals surface area contributed by atoms with Crippen molar-refractivity contribution in [1.29, 1.82) is 0 Å². The first-order valence-corrected chi connectivity index (χ1v) is 10.3. The van der Waals surface area contributed by atoms with E-state index in [0.717, 1.165) is 30.5 Å². The predicted molar refractivity (Wildman–Crippen MR) is 113 cm³/mol. The number of H-pyrrole nitrogens is 1. The van der Waals surface area contributed by atoms with Gasteiger partial charge in [-0.2, -0.15) is 0 Å². The van der Waals surface area contributed by atoms with Crippen LogP contribution in [-0.2, 0) is 9.53 Å². The highest BCUT2D eigenvalue weighted by atomic mass is 16.5. The number of carbonyl (C=O) groups is 2. The van der Waals surface area contributed by atoms with Gasteiger partial charge in [0, 0.05) is 16.3 Å². The minimum absolute atomic E-state index is 0.102. The third-order valence-corrected chi connectivity index (χ3v) is 5.57. The number of likely N-dealkylation sites (tertiary alicyclic amines) is 1. The Morgan fingerprint density at radius 1 is 1.31 bits per heavy atom. The molecule has 0 spiro atoms. The molecule has 7 heteroatoms. The highest BCUT2D eigenvalue weighted by Gasteiger charge is 2.30. The number of aromatic nitrogens is 1. The number of amides is 1. The zero-order valence-electron chi connectivity index (χ0n) is 17.8. The maximum atomic E-state index is 12.7. The number of ether oxygens (including phenoxy) is 2. The summed E-state index contributed by atoms with van der Waals surface area (Å²) in [6.07, 6.45) is 2.84. The van der Waals surface area contributed by atoms with Gasteiger partial charge in [-0.3, -0.25) is 4.79 Å². The number of benzene rings is 1. The lowest BCUT2D eigenvalue weighted by Crippen LogP contribution is -3.14. The number of esters is 1. The van der Waals surface area contributed by atoms with Crippen LogP contribution >= 0.6 is 0 Å². The van der Waals surface area contributed by atoms with Crippen molar-refractivity contribution in [3.63, 3.8) is 0 Å². The number of carbonyl (C=O) groups excluding carboxylic acids is 2. The van der Waals surface area contributed by atoms with Crippen LogP contribution in [0.4, 0.5) is 5.69 Å². The zero-order chi connectivity index (χ0) is 21.0. The van der Waals surface area contributed by atoms with Gasteiger partial charge in [0.2, 0.25) is 5.91 Å². The normalized spacial score (nSPS) is 18.4. The Morgan fingerprint density at radius 2 is 2.10 bits per heavy atom. The molecule has 0 radical (unpaired) electrons. The molecule has 158 valence electrons. The van der Waals surface area contributed by atoms with Crippen molar-refractivity contribution in [2.45, 2.75) is 40.0 Å². The Balaban J connectivity index is 1.77. The molecule has 0 saturated carbocycles. The number of rotatable bonds is 7. The maximum Gasteiger partial charge on any atom is 0.356 e. The molecule has 0 bridgehead atoms. The van der Waals surface area contributed by atoms with E-state index < -0.39 is 5.97 Å². The molecular weight excluding hydrogens is 370 g/mol. The van der Waals surface area contributed by atoms with Crippen molar-refractivity contribution < 1.29 is 24.0 Å². The lowest BCUT2D eigenvalue weighted by Gasteiger charge is -2.35. The second kappa shape index (κ2) is 8.86. The Labute approximate surface area is 171 Å². The van der Waals surface area contributed by atoms with Gasteiger partial charge < -0.3 is 24.7 Å². The fraction of sp³-hybridized carbons (Fsp3) is 0.545. The van der Waals surface area contributed by atoms with Gasteiger partial charge in [0.1, 0.15) is 11.4 Å². The third kappa shape index (κ3) is 5.09. The van der Waals surface area contributed by atoms with Gasteiger partial charge in [-0.25, -0.2) is 4.79 Å². The van der Waals surface area contributed by atoms with Crippen LogP contribution in [-0.4, -0.2) is 50.2 Å². The molecule has 3 N–H and O–H groups in total.